The number of rotatable bonds is 5. The van der Waals surface area contributed by atoms with Gasteiger partial charge in [0.1, 0.15) is 10.7 Å². The predicted molar refractivity (Wildman–Crippen MR) is 76.2 cm³/mol. The van der Waals surface area contributed by atoms with Crippen molar-refractivity contribution >= 4 is 23.2 Å². The molecular formula is C12H18N4O2S. The van der Waals surface area contributed by atoms with E-state index in [2.05, 4.69) is 14.9 Å². The van der Waals surface area contributed by atoms with E-state index in [1.165, 1.54) is 0 Å². The summed E-state index contributed by atoms with van der Waals surface area (Å²) >= 11 is 4.91. The maximum Gasteiger partial charge on any atom is 0.225 e. The van der Waals surface area contributed by atoms with Gasteiger partial charge in [0.2, 0.25) is 5.95 Å². The average molecular weight is 282 g/mol. The number of ether oxygens (including phenoxy) is 1. The van der Waals surface area contributed by atoms with Crippen molar-refractivity contribution in [2.24, 2.45) is 5.73 Å². The molecule has 0 aromatic carbocycles. The van der Waals surface area contributed by atoms with Crippen molar-refractivity contribution in [1.82, 2.24) is 9.97 Å². The number of nitrogens with two attached hydrogens (primary N) is 1. The summed E-state index contributed by atoms with van der Waals surface area (Å²) in [4.78, 5) is 11.0. The SMILES string of the molecule is NC(=S)c1ccnc(N2CCC(OCCO)CC2)n1. The highest BCUT2D eigenvalue weighted by Gasteiger charge is 2.21. The Kier molecular flexibility index (Phi) is 5.00. The van der Waals surface area contributed by atoms with E-state index < -0.39 is 0 Å². The Morgan fingerprint density at radius 3 is 2.89 bits per heavy atom. The van der Waals surface area contributed by atoms with E-state index in [-0.39, 0.29) is 17.7 Å². The topological polar surface area (TPSA) is 84.5 Å². The fourth-order valence-corrected chi connectivity index (χ4v) is 2.19. The predicted octanol–water partition coefficient (Wildman–Crippen LogP) is 0.0885. The van der Waals surface area contributed by atoms with E-state index in [0.29, 0.717) is 18.2 Å². The summed E-state index contributed by atoms with van der Waals surface area (Å²) < 4.78 is 5.52. The molecule has 7 heteroatoms. The molecule has 0 spiro atoms. The van der Waals surface area contributed by atoms with Crippen molar-refractivity contribution in [1.29, 1.82) is 0 Å². The lowest BCUT2D eigenvalue weighted by Gasteiger charge is -2.31. The van der Waals surface area contributed by atoms with Crippen molar-refractivity contribution in [3.05, 3.63) is 18.0 Å². The van der Waals surface area contributed by atoms with Crippen LogP contribution in [0.15, 0.2) is 12.3 Å². The Labute approximate surface area is 117 Å². The summed E-state index contributed by atoms with van der Waals surface area (Å²) in [5.74, 6) is 0.658. The molecule has 1 fully saturated rings. The molecular weight excluding hydrogens is 264 g/mol. The Hall–Kier alpha value is -1.31. The van der Waals surface area contributed by atoms with E-state index in [1.807, 2.05) is 0 Å². The van der Waals surface area contributed by atoms with Crippen LogP contribution in [0, 0.1) is 0 Å². The van der Waals surface area contributed by atoms with Gasteiger partial charge >= 0.3 is 0 Å². The molecule has 1 aromatic rings. The number of anilines is 1. The van der Waals surface area contributed by atoms with Gasteiger partial charge in [0.25, 0.3) is 0 Å². The molecule has 0 aliphatic carbocycles. The summed E-state index contributed by atoms with van der Waals surface area (Å²) in [6.07, 6.45) is 3.69. The average Bonchev–Trinajstić information content (AvgIpc) is 2.46. The van der Waals surface area contributed by atoms with E-state index in [4.69, 9.17) is 27.8 Å². The second-order valence-corrected chi connectivity index (χ2v) is 4.83. The maximum absolute atomic E-state index is 8.73. The van der Waals surface area contributed by atoms with Gasteiger partial charge in [-0.25, -0.2) is 9.97 Å². The number of aliphatic hydroxyl groups excluding tert-OH is 1. The molecule has 0 radical (unpaired) electrons. The highest BCUT2D eigenvalue weighted by Crippen LogP contribution is 2.18. The minimum atomic E-state index is 0.0688. The molecule has 2 rings (SSSR count). The Bertz CT molecular complexity index is 435. The molecule has 1 saturated heterocycles. The zero-order valence-corrected chi connectivity index (χ0v) is 11.5. The standard InChI is InChI=1S/C12H18N4O2S/c13-11(19)10-1-4-14-12(15-10)16-5-2-9(3-6-16)18-8-7-17/h1,4,9,17H,2-3,5-8H2,(H2,13,19). The first-order valence-corrected chi connectivity index (χ1v) is 6.72. The molecule has 19 heavy (non-hydrogen) atoms. The summed E-state index contributed by atoms with van der Waals surface area (Å²) in [7, 11) is 0. The molecule has 0 unspecified atom stereocenters. The van der Waals surface area contributed by atoms with E-state index in [9.17, 15) is 0 Å². The lowest BCUT2D eigenvalue weighted by atomic mass is 10.1. The van der Waals surface area contributed by atoms with Crippen LogP contribution in [0.25, 0.3) is 0 Å². The van der Waals surface area contributed by atoms with Crippen LogP contribution in [0.2, 0.25) is 0 Å². The fourth-order valence-electron chi connectivity index (χ4n) is 2.08. The number of piperidine rings is 1. The van der Waals surface area contributed by atoms with Crippen molar-refractivity contribution < 1.29 is 9.84 Å². The van der Waals surface area contributed by atoms with Gasteiger partial charge in [-0.1, -0.05) is 12.2 Å². The van der Waals surface area contributed by atoms with Crippen LogP contribution in [-0.2, 0) is 4.74 Å². The van der Waals surface area contributed by atoms with Gasteiger partial charge in [-0.3, -0.25) is 0 Å². The van der Waals surface area contributed by atoms with Crippen molar-refractivity contribution in [3.8, 4) is 0 Å². The zero-order valence-electron chi connectivity index (χ0n) is 10.7. The van der Waals surface area contributed by atoms with Crippen LogP contribution in [-0.4, -0.2) is 52.5 Å². The molecule has 0 saturated carbocycles. The van der Waals surface area contributed by atoms with Crippen LogP contribution < -0.4 is 10.6 Å². The third-order valence-corrected chi connectivity index (χ3v) is 3.27. The van der Waals surface area contributed by atoms with Crippen LogP contribution in [0.3, 0.4) is 0 Å². The van der Waals surface area contributed by atoms with E-state index in [1.54, 1.807) is 12.3 Å². The number of thiocarbonyl (C=S) groups is 1. The third kappa shape index (κ3) is 3.82. The fraction of sp³-hybridized carbons (Fsp3) is 0.583. The first-order chi connectivity index (χ1) is 9.20. The Balaban J connectivity index is 1.94. The second kappa shape index (κ2) is 6.74. The van der Waals surface area contributed by atoms with Crippen molar-refractivity contribution in [2.45, 2.75) is 18.9 Å². The third-order valence-electron chi connectivity index (χ3n) is 3.06. The molecule has 0 bridgehead atoms. The summed E-state index contributed by atoms with van der Waals surface area (Å²) in [5.41, 5.74) is 6.16. The highest BCUT2D eigenvalue weighted by atomic mass is 32.1. The lowest BCUT2D eigenvalue weighted by molar-refractivity contribution is 0.0157. The molecule has 1 aromatic heterocycles. The van der Waals surface area contributed by atoms with Gasteiger partial charge < -0.3 is 20.5 Å². The van der Waals surface area contributed by atoms with E-state index >= 15 is 0 Å². The molecule has 1 aliphatic heterocycles. The Morgan fingerprint density at radius 1 is 1.53 bits per heavy atom. The van der Waals surface area contributed by atoms with Gasteiger partial charge in [0.05, 0.1) is 19.3 Å². The van der Waals surface area contributed by atoms with E-state index in [0.717, 1.165) is 25.9 Å². The van der Waals surface area contributed by atoms with Crippen molar-refractivity contribution in [3.63, 3.8) is 0 Å². The molecule has 6 nitrogen and oxygen atoms in total. The molecule has 3 N–H and O–H groups in total. The molecule has 0 atom stereocenters. The van der Waals surface area contributed by atoms with Crippen LogP contribution in [0.1, 0.15) is 18.5 Å². The van der Waals surface area contributed by atoms with Gasteiger partial charge in [-0.2, -0.15) is 0 Å². The second-order valence-electron chi connectivity index (χ2n) is 4.39. The first kappa shape index (κ1) is 14.1. The first-order valence-electron chi connectivity index (χ1n) is 6.31. The minimum absolute atomic E-state index is 0.0688. The Morgan fingerprint density at radius 2 is 2.26 bits per heavy atom. The number of aliphatic hydroxyl groups is 1. The number of hydrogen-bond donors (Lipinski definition) is 2. The zero-order chi connectivity index (χ0) is 13.7. The summed E-state index contributed by atoms with van der Waals surface area (Å²) in [6.45, 7) is 2.13. The maximum atomic E-state index is 8.73. The summed E-state index contributed by atoms with van der Waals surface area (Å²) in [6, 6.07) is 1.71. The molecule has 0 amide bonds. The van der Waals surface area contributed by atoms with Crippen LogP contribution in [0.5, 0.6) is 0 Å². The quantitative estimate of drug-likeness (QED) is 0.740. The van der Waals surface area contributed by atoms with Gasteiger partial charge in [-0.05, 0) is 18.9 Å². The minimum Gasteiger partial charge on any atom is -0.394 e. The van der Waals surface area contributed by atoms with Crippen molar-refractivity contribution in [2.75, 3.05) is 31.2 Å². The largest absolute Gasteiger partial charge is 0.394 e. The highest BCUT2D eigenvalue weighted by molar-refractivity contribution is 7.80. The van der Waals surface area contributed by atoms with Gasteiger partial charge in [-0.15, -0.1) is 0 Å². The molecule has 1 aliphatic rings. The van der Waals surface area contributed by atoms with Gasteiger partial charge in [0, 0.05) is 19.3 Å². The van der Waals surface area contributed by atoms with Crippen LogP contribution in [0.4, 0.5) is 5.95 Å². The van der Waals surface area contributed by atoms with Crippen LogP contribution >= 0.6 is 12.2 Å². The normalized spacial score (nSPS) is 16.6. The molecule has 2 heterocycles. The van der Waals surface area contributed by atoms with Gasteiger partial charge in [0.15, 0.2) is 0 Å². The summed E-state index contributed by atoms with van der Waals surface area (Å²) in [5, 5.41) is 8.73. The number of nitrogens with zero attached hydrogens (tertiary/aromatic N) is 3. The monoisotopic (exact) mass is 282 g/mol. The number of hydrogen-bond acceptors (Lipinski definition) is 6. The lowest BCUT2D eigenvalue weighted by Crippen LogP contribution is -2.38. The smallest absolute Gasteiger partial charge is 0.225 e. The number of aromatic nitrogens is 2. The molecule has 104 valence electrons.